The summed E-state index contributed by atoms with van der Waals surface area (Å²) in [4.78, 5) is 17.6. The highest BCUT2D eigenvalue weighted by Gasteiger charge is 1.96. The zero-order chi connectivity index (χ0) is 8.10. The second-order valence-corrected chi connectivity index (χ2v) is 1.82. The number of aromatic nitrogens is 1. The summed E-state index contributed by atoms with van der Waals surface area (Å²) in [5.74, 6) is 0. The molecule has 0 radical (unpaired) electrons. The molecule has 5 heteroatoms. The lowest BCUT2D eigenvalue weighted by atomic mass is 10.4. The minimum atomic E-state index is -0.839. The average molecular weight is 154 g/mol. The first-order chi connectivity index (χ1) is 5.29. The van der Waals surface area contributed by atoms with Crippen molar-refractivity contribution in [3.8, 4) is 0 Å². The molecule has 0 saturated carbocycles. The van der Waals surface area contributed by atoms with Gasteiger partial charge in [0.2, 0.25) is 0 Å². The Bertz CT molecular complexity index is 237. The quantitative estimate of drug-likeness (QED) is 0.476. The van der Waals surface area contributed by atoms with Crippen molar-refractivity contribution in [2.24, 2.45) is 0 Å². The molecule has 0 unspecified atom stereocenters. The van der Waals surface area contributed by atoms with Crippen LogP contribution in [0.4, 0.5) is 0 Å². The van der Waals surface area contributed by atoms with Crippen molar-refractivity contribution in [3.63, 3.8) is 0 Å². The summed E-state index contributed by atoms with van der Waals surface area (Å²) in [5.41, 5.74) is 0.546. The van der Waals surface area contributed by atoms with Gasteiger partial charge < -0.3 is 4.84 Å². The minimum Gasteiger partial charge on any atom is -0.307 e. The van der Waals surface area contributed by atoms with E-state index in [0.717, 1.165) is 0 Å². The van der Waals surface area contributed by atoms with Gasteiger partial charge in [0.1, 0.15) is 6.61 Å². The molecule has 0 fully saturated rings. The first-order valence-corrected chi connectivity index (χ1v) is 2.96. The van der Waals surface area contributed by atoms with Gasteiger partial charge in [-0.3, -0.25) is 4.98 Å². The van der Waals surface area contributed by atoms with E-state index in [0.29, 0.717) is 5.69 Å². The van der Waals surface area contributed by atoms with Gasteiger partial charge in [0.15, 0.2) is 0 Å². The van der Waals surface area contributed by atoms with Crippen LogP contribution < -0.4 is 0 Å². The van der Waals surface area contributed by atoms with Gasteiger partial charge in [-0.1, -0.05) is 6.07 Å². The molecular formula is C6H6N2O3. The third kappa shape index (κ3) is 2.61. The standard InChI is InChI=1S/C6H6N2O3/c9-8(10)11-5-6-3-1-2-4-7-6/h1-4H,5H2. The van der Waals surface area contributed by atoms with E-state index in [9.17, 15) is 10.1 Å². The molecule has 1 aromatic heterocycles. The van der Waals surface area contributed by atoms with E-state index in [4.69, 9.17) is 0 Å². The van der Waals surface area contributed by atoms with Crippen LogP contribution in [0.3, 0.4) is 0 Å². The van der Waals surface area contributed by atoms with E-state index in [-0.39, 0.29) is 6.61 Å². The van der Waals surface area contributed by atoms with E-state index >= 15 is 0 Å². The predicted molar refractivity (Wildman–Crippen MR) is 36.0 cm³/mol. The predicted octanol–water partition coefficient (Wildman–Crippen LogP) is 0.790. The summed E-state index contributed by atoms with van der Waals surface area (Å²) in [5, 5.41) is 8.89. The maximum Gasteiger partial charge on any atom is 0.294 e. The van der Waals surface area contributed by atoms with Crippen LogP contribution in [0.5, 0.6) is 0 Å². The number of pyridine rings is 1. The summed E-state index contributed by atoms with van der Waals surface area (Å²) in [6.45, 7) is -0.0894. The van der Waals surface area contributed by atoms with Crippen molar-refractivity contribution < 1.29 is 9.92 Å². The molecule has 1 aromatic rings. The highest BCUT2D eigenvalue weighted by Crippen LogP contribution is 1.94. The lowest BCUT2D eigenvalue weighted by Crippen LogP contribution is -2.01. The van der Waals surface area contributed by atoms with Gasteiger partial charge in [-0.05, 0) is 12.1 Å². The van der Waals surface area contributed by atoms with Crippen molar-refractivity contribution in [1.82, 2.24) is 4.98 Å². The van der Waals surface area contributed by atoms with Crippen molar-refractivity contribution in [2.45, 2.75) is 6.61 Å². The zero-order valence-corrected chi connectivity index (χ0v) is 5.64. The minimum absolute atomic E-state index is 0.0894. The largest absolute Gasteiger partial charge is 0.307 e. The molecule has 0 aliphatic carbocycles. The van der Waals surface area contributed by atoms with Crippen molar-refractivity contribution in [1.29, 1.82) is 0 Å². The SMILES string of the molecule is O=[N+]([O-])OCc1ccccn1. The topological polar surface area (TPSA) is 65.3 Å². The molecule has 0 N–H and O–H groups in total. The maximum atomic E-state index is 9.73. The van der Waals surface area contributed by atoms with E-state index in [1.165, 1.54) is 0 Å². The van der Waals surface area contributed by atoms with Crippen LogP contribution >= 0.6 is 0 Å². The molecule has 5 nitrogen and oxygen atoms in total. The summed E-state index contributed by atoms with van der Waals surface area (Å²) >= 11 is 0. The second kappa shape index (κ2) is 3.50. The van der Waals surface area contributed by atoms with Gasteiger partial charge >= 0.3 is 0 Å². The van der Waals surface area contributed by atoms with Gasteiger partial charge in [-0.15, -0.1) is 10.1 Å². The lowest BCUT2D eigenvalue weighted by Gasteiger charge is -1.95. The molecule has 1 rings (SSSR count). The summed E-state index contributed by atoms with van der Waals surface area (Å²) < 4.78 is 0. The van der Waals surface area contributed by atoms with Crippen LogP contribution in [0, 0.1) is 10.1 Å². The van der Waals surface area contributed by atoms with Crippen LogP contribution in [0.1, 0.15) is 5.69 Å². The van der Waals surface area contributed by atoms with Crippen LogP contribution in [0.2, 0.25) is 0 Å². The molecule has 0 amide bonds. The monoisotopic (exact) mass is 154 g/mol. The summed E-state index contributed by atoms with van der Waals surface area (Å²) in [6.07, 6.45) is 1.55. The molecule has 58 valence electrons. The Morgan fingerprint density at radius 1 is 1.64 bits per heavy atom. The second-order valence-electron chi connectivity index (χ2n) is 1.82. The van der Waals surface area contributed by atoms with Gasteiger partial charge in [0, 0.05) is 6.20 Å². The van der Waals surface area contributed by atoms with Crippen LogP contribution in [-0.4, -0.2) is 10.1 Å². The van der Waals surface area contributed by atoms with Crippen LogP contribution in [0.25, 0.3) is 0 Å². The van der Waals surface area contributed by atoms with E-state index < -0.39 is 5.09 Å². The zero-order valence-electron chi connectivity index (χ0n) is 5.64. The molecular weight excluding hydrogens is 148 g/mol. The Hall–Kier alpha value is -1.65. The van der Waals surface area contributed by atoms with Crippen molar-refractivity contribution >= 4 is 0 Å². The van der Waals surface area contributed by atoms with E-state index in [2.05, 4.69) is 9.82 Å². The smallest absolute Gasteiger partial charge is 0.294 e. The molecule has 0 spiro atoms. The van der Waals surface area contributed by atoms with Gasteiger partial charge in [0.05, 0.1) is 5.69 Å². The fourth-order valence-corrected chi connectivity index (χ4v) is 0.602. The normalized spacial score (nSPS) is 9.09. The van der Waals surface area contributed by atoms with E-state index in [1.54, 1.807) is 24.4 Å². The van der Waals surface area contributed by atoms with Crippen molar-refractivity contribution in [2.75, 3.05) is 0 Å². The number of hydrogen-bond acceptors (Lipinski definition) is 4. The molecule has 1 heterocycles. The maximum absolute atomic E-state index is 9.73. The lowest BCUT2D eigenvalue weighted by molar-refractivity contribution is -0.763. The Morgan fingerprint density at radius 3 is 3.00 bits per heavy atom. The van der Waals surface area contributed by atoms with Gasteiger partial charge in [-0.2, -0.15) is 0 Å². The first kappa shape index (κ1) is 7.46. The Kier molecular flexibility index (Phi) is 2.37. The fraction of sp³-hybridized carbons (Fsp3) is 0.167. The molecule has 0 bridgehead atoms. The van der Waals surface area contributed by atoms with E-state index in [1.807, 2.05) is 0 Å². The van der Waals surface area contributed by atoms with Crippen LogP contribution in [-0.2, 0) is 11.4 Å². The molecule has 0 aromatic carbocycles. The summed E-state index contributed by atoms with van der Waals surface area (Å²) in [7, 11) is 0. The third-order valence-corrected chi connectivity index (χ3v) is 1.04. The Labute approximate surface area is 62.7 Å². The Morgan fingerprint density at radius 2 is 2.45 bits per heavy atom. The van der Waals surface area contributed by atoms with Crippen LogP contribution in [0.15, 0.2) is 24.4 Å². The molecule has 0 atom stereocenters. The van der Waals surface area contributed by atoms with Gasteiger partial charge in [-0.25, -0.2) is 0 Å². The number of rotatable bonds is 3. The van der Waals surface area contributed by atoms with Crippen molar-refractivity contribution in [3.05, 3.63) is 40.2 Å². The molecule has 0 saturated heterocycles. The highest BCUT2D eigenvalue weighted by molar-refractivity contribution is 5.01. The third-order valence-electron chi connectivity index (χ3n) is 1.04. The van der Waals surface area contributed by atoms with Gasteiger partial charge in [0.25, 0.3) is 5.09 Å². The Balaban J connectivity index is 2.45. The molecule has 0 aliphatic heterocycles. The number of nitrogens with zero attached hydrogens (tertiary/aromatic N) is 2. The average Bonchev–Trinajstić information content (AvgIpc) is 2.03. The molecule has 0 aliphatic rings. The highest BCUT2D eigenvalue weighted by atomic mass is 16.9. The summed E-state index contributed by atoms with van der Waals surface area (Å²) in [6, 6.07) is 5.13. The first-order valence-electron chi connectivity index (χ1n) is 2.96. The fourth-order valence-electron chi connectivity index (χ4n) is 0.602. The number of hydrogen-bond donors (Lipinski definition) is 0. The molecule has 11 heavy (non-hydrogen) atoms.